The number of methoxy groups -OCH3 is 1. The number of hydrogen-bond acceptors (Lipinski definition) is 4. The van der Waals surface area contributed by atoms with Crippen molar-refractivity contribution in [3.8, 4) is 0 Å². The van der Waals surface area contributed by atoms with Crippen LogP contribution >= 0.6 is 0 Å². The monoisotopic (exact) mass is 420 g/mol. The fraction of sp³-hybridized carbons (Fsp3) is 0.0741. The van der Waals surface area contributed by atoms with Gasteiger partial charge >= 0.3 is 5.97 Å². The number of benzene rings is 3. The molecular formula is C27H20N2O3. The van der Waals surface area contributed by atoms with Gasteiger partial charge in [0.15, 0.2) is 5.78 Å². The Morgan fingerprint density at radius 3 is 2.59 bits per heavy atom. The number of nitrogens with zero attached hydrogens (tertiary/aromatic N) is 1. The van der Waals surface area contributed by atoms with Crippen molar-refractivity contribution in [1.29, 1.82) is 0 Å². The summed E-state index contributed by atoms with van der Waals surface area (Å²) >= 11 is 0. The number of ether oxygens (including phenoxy) is 1. The zero-order chi connectivity index (χ0) is 22.1. The Kier molecular flexibility index (Phi) is 5.00. The molecule has 0 unspecified atom stereocenters. The third-order valence-electron chi connectivity index (χ3n) is 5.65. The molecule has 4 aromatic rings. The van der Waals surface area contributed by atoms with Crippen LogP contribution in [0.4, 0.5) is 0 Å². The van der Waals surface area contributed by atoms with Crippen molar-refractivity contribution in [1.82, 2.24) is 10.2 Å². The first-order valence-electron chi connectivity index (χ1n) is 10.3. The number of ketones is 1. The van der Waals surface area contributed by atoms with Gasteiger partial charge in [0.1, 0.15) is 0 Å². The Morgan fingerprint density at radius 2 is 1.78 bits per heavy atom. The quantitative estimate of drug-likeness (QED) is 0.364. The maximum Gasteiger partial charge on any atom is 0.337 e. The molecule has 0 amide bonds. The van der Waals surface area contributed by atoms with Gasteiger partial charge in [-0.05, 0) is 58.7 Å². The molecule has 1 aliphatic rings. The SMILES string of the molecule is COC(=O)c1ccc(/C=C/c2n[nH]c3cc(/C=C4\C(=O)Cc5ccccc54)ccc23)cc1. The summed E-state index contributed by atoms with van der Waals surface area (Å²) in [6.45, 7) is 0. The molecule has 0 saturated carbocycles. The number of Topliss-reactive ketones (excluding diaryl/α,β-unsaturated/α-hetero) is 1. The van der Waals surface area contributed by atoms with E-state index in [0.29, 0.717) is 12.0 Å². The minimum atomic E-state index is -0.354. The van der Waals surface area contributed by atoms with E-state index in [1.165, 1.54) is 7.11 Å². The van der Waals surface area contributed by atoms with Crippen LogP contribution in [0.25, 0.3) is 34.7 Å². The normalized spacial score (nSPS) is 14.4. The fourth-order valence-electron chi connectivity index (χ4n) is 3.98. The largest absolute Gasteiger partial charge is 0.465 e. The molecule has 0 spiro atoms. The summed E-state index contributed by atoms with van der Waals surface area (Å²) in [7, 11) is 1.37. The Balaban J connectivity index is 1.41. The Morgan fingerprint density at radius 1 is 1.00 bits per heavy atom. The number of aromatic amines is 1. The maximum atomic E-state index is 12.5. The van der Waals surface area contributed by atoms with Crippen LogP contribution in [0.5, 0.6) is 0 Å². The molecular weight excluding hydrogens is 400 g/mol. The molecule has 0 atom stereocenters. The second-order valence-corrected chi connectivity index (χ2v) is 7.68. The number of aromatic nitrogens is 2. The highest BCUT2D eigenvalue weighted by atomic mass is 16.5. The summed E-state index contributed by atoms with van der Waals surface area (Å²) in [6, 6.07) is 21.1. The topological polar surface area (TPSA) is 72.0 Å². The molecule has 0 fully saturated rings. The number of allylic oxidation sites excluding steroid dienone is 1. The van der Waals surface area contributed by atoms with Crippen molar-refractivity contribution in [2.75, 3.05) is 7.11 Å². The summed E-state index contributed by atoms with van der Waals surface area (Å²) in [5, 5.41) is 8.49. The predicted octanol–water partition coefficient (Wildman–Crippen LogP) is 5.19. The van der Waals surface area contributed by atoms with Crippen LogP contribution in [0.1, 0.15) is 38.3 Å². The van der Waals surface area contributed by atoms with Crippen LogP contribution in [-0.4, -0.2) is 29.1 Å². The van der Waals surface area contributed by atoms with Gasteiger partial charge in [0.2, 0.25) is 0 Å². The minimum Gasteiger partial charge on any atom is -0.465 e. The molecule has 0 radical (unpaired) electrons. The molecule has 32 heavy (non-hydrogen) atoms. The first-order chi connectivity index (χ1) is 15.6. The zero-order valence-electron chi connectivity index (χ0n) is 17.5. The van der Waals surface area contributed by atoms with Gasteiger partial charge in [-0.25, -0.2) is 4.79 Å². The molecule has 0 aliphatic heterocycles. The van der Waals surface area contributed by atoms with Crippen LogP contribution in [-0.2, 0) is 16.0 Å². The average molecular weight is 420 g/mol. The average Bonchev–Trinajstić information content (AvgIpc) is 3.37. The van der Waals surface area contributed by atoms with Crippen molar-refractivity contribution < 1.29 is 14.3 Å². The van der Waals surface area contributed by atoms with E-state index in [1.807, 2.05) is 72.8 Å². The van der Waals surface area contributed by atoms with Gasteiger partial charge in [-0.1, -0.05) is 48.5 Å². The Labute approximate surface area is 185 Å². The first kappa shape index (κ1) is 19.7. The van der Waals surface area contributed by atoms with Crippen molar-refractivity contribution in [2.24, 2.45) is 0 Å². The van der Waals surface area contributed by atoms with Crippen LogP contribution in [0.2, 0.25) is 0 Å². The lowest BCUT2D eigenvalue weighted by atomic mass is 10.0. The number of fused-ring (bicyclic) bond motifs is 2. The van der Waals surface area contributed by atoms with Crippen LogP contribution in [0, 0.1) is 0 Å². The van der Waals surface area contributed by atoms with E-state index < -0.39 is 0 Å². The van der Waals surface area contributed by atoms with Gasteiger partial charge in [-0.3, -0.25) is 9.89 Å². The van der Waals surface area contributed by atoms with Gasteiger partial charge in [-0.2, -0.15) is 5.10 Å². The molecule has 0 bridgehead atoms. The van der Waals surface area contributed by atoms with Gasteiger partial charge in [0, 0.05) is 17.4 Å². The molecule has 3 aromatic carbocycles. The maximum absolute atomic E-state index is 12.5. The minimum absolute atomic E-state index is 0.151. The third kappa shape index (κ3) is 3.65. The molecule has 156 valence electrons. The molecule has 5 heteroatoms. The van der Waals surface area contributed by atoms with Gasteiger partial charge in [-0.15, -0.1) is 0 Å². The van der Waals surface area contributed by atoms with Crippen molar-refractivity contribution in [3.05, 3.63) is 100 Å². The number of H-pyrrole nitrogens is 1. The van der Waals surface area contributed by atoms with Crippen molar-refractivity contribution >= 4 is 46.5 Å². The van der Waals surface area contributed by atoms with E-state index in [0.717, 1.165) is 44.4 Å². The molecule has 1 aromatic heterocycles. The van der Waals surface area contributed by atoms with E-state index in [2.05, 4.69) is 10.2 Å². The smallest absolute Gasteiger partial charge is 0.337 e. The number of carbonyl (C=O) groups is 2. The number of rotatable bonds is 4. The van der Waals surface area contributed by atoms with Gasteiger partial charge in [0.25, 0.3) is 0 Å². The van der Waals surface area contributed by atoms with Crippen LogP contribution in [0.3, 0.4) is 0 Å². The standard InChI is InChI=1S/C27H20N2O3/c1-32-27(31)19-10-6-17(7-11-19)9-13-24-22-12-8-18(15-25(22)29-28-24)14-23-21-5-3-2-4-20(21)16-26(23)30/h2-15H,16H2,1H3,(H,28,29)/b13-9+,23-14-. The summed E-state index contributed by atoms with van der Waals surface area (Å²) in [5.74, 6) is -0.204. The number of nitrogens with one attached hydrogen (secondary N) is 1. The van der Waals surface area contributed by atoms with E-state index >= 15 is 0 Å². The predicted molar refractivity (Wildman–Crippen MR) is 126 cm³/mol. The van der Waals surface area contributed by atoms with E-state index in [-0.39, 0.29) is 11.8 Å². The van der Waals surface area contributed by atoms with Gasteiger partial charge < -0.3 is 4.74 Å². The number of esters is 1. The lowest BCUT2D eigenvalue weighted by Crippen LogP contribution is -2.00. The lowest BCUT2D eigenvalue weighted by Gasteiger charge is -2.01. The molecule has 0 saturated heterocycles. The summed E-state index contributed by atoms with van der Waals surface area (Å²) < 4.78 is 4.72. The second-order valence-electron chi connectivity index (χ2n) is 7.68. The fourth-order valence-corrected chi connectivity index (χ4v) is 3.98. The molecule has 1 aliphatic carbocycles. The van der Waals surface area contributed by atoms with Crippen molar-refractivity contribution in [3.63, 3.8) is 0 Å². The Hall–Kier alpha value is -4.25. The molecule has 1 heterocycles. The lowest BCUT2D eigenvalue weighted by molar-refractivity contribution is -0.112. The second kappa shape index (κ2) is 8.12. The first-order valence-corrected chi connectivity index (χ1v) is 10.3. The van der Waals surface area contributed by atoms with E-state index in [4.69, 9.17) is 4.74 Å². The third-order valence-corrected chi connectivity index (χ3v) is 5.65. The highest BCUT2D eigenvalue weighted by Gasteiger charge is 2.23. The van der Waals surface area contributed by atoms with Gasteiger partial charge in [0.05, 0.1) is 23.9 Å². The Bertz CT molecular complexity index is 1410. The van der Waals surface area contributed by atoms with Crippen LogP contribution < -0.4 is 0 Å². The van der Waals surface area contributed by atoms with Crippen molar-refractivity contribution in [2.45, 2.75) is 6.42 Å². The molecule has 5 rings (SSSR count). The molecule has 1 N–H and O–H groups in total. The highest BCUT2D eigenvalue weighted by Crippen LogP contribution is 2.31. The summed E-state index contributed by atoms with van der Waals surface area (Å²) in [6.07, 6.45) is 6.29. The summed E-state index contributed by atoms with van der Waals surface area (Å²) in [5.41, 5.74) is 7.00. The highest BCUT2D eigenvalue weighted by molar-refractivity contribution is 6.29. The summed E-state index contributed by atoms with van der Waals surface area (Å²) in [4.78, 5) is 24.0. The zero-order valence-corrected chi connectivity index (χ0v) is 17.5. The number of carbonyl (C=O) groups excluding carboxylic acids is 2. The van der Waals surface area contributed by atoms with E-state index in [9.17, 15) is 9.59 Å². The van der Waals surface area contributed by atoms with Crippen LogP contribution in [0.15, 0.2) is 66.7 Å². The van der Waals surface area contributed by atoms with E-state index in [1.54, 1.807) is 12.1 Å². The number of hydrogen-bond donors (Lipinski definition) is 1. The molecule has 5 nitrogen and oxygen atoms in total.